The summed E-state index contributed by atoms with van der Waals surface area (Å²) in [4.78, 5) is 4.56. The van der Waals surface area contributed by atoms with Crippen molar-refractivity contribution in [1.29, 1.82) is 0 Å². The molecule has 0 aromatic heterocycles. The van der Waals surface area contributed by atoms with Crippen molar-refractivity contribution in [3.63, 3.8) is 0 Å². The van der Waals surface area contributed by atoms with Gasteiger partial charge in [-0.2, -0.15) is 0 Å². The third-order valence-electron chi connectivity index (χ3n) is 4.34. The van der Waals surface area contributed by atoms with E-state index in [-0.39, 0.29) is 17.4 Å². The van der Waals surface area contributed by atoms with E-state index >= 15 is 0 Å². The highest BCUT2D eigenvalue weighted by Crippen LogP contribution is 2.32. The van der Waals surface area contributed by atoms with Crippen molar-refractivity contribution in [2.24, 2.45) is 5.73 Å². The number of halogens is 2. The summed E-state index contributed by atoms with van der Waals surface area (Å²) < 4.78 is 14.1. The monoisotopic (exact) mass is 299 g/mol. The van der Waals surface area contributed by atoms with E-state index in [0.717, 1.165) is 19.6 Å². The van der Waals surface area contributed by atoms with Gasteiger partial charge < -0.3 is 5.73 Å². The molecular formula is C15H23ClFN3. The van der Waals surface area contributed by atoms with Gasteiger partial charge in [-0.15, -0.1) is 0 Å². The lowest BCUT2D eigenvalue weighted by Gasteiger charge is -2.48. The molecule has 0 spiro atoms. The lowest BCUT2D eigenvalue weighted by atomic mass is 9.96. The van der Waals surface area contributed by atoms with Crippen LogP contribution in [0.2, 0.25) is 5.02 Å². The third kappa shape index (κ3) is 2.98. The molecule has 1 aliphatic rings. The van der Waals surface area contributed by atoms with Crippen molar-refractivity contribution < 1.29 is 4.39 Å². The Morgan fingerprint density at radius 2 is 2.10 bits per heavy atom. The highest BCUT2D eigenvalue weighted by molar-refractivity contribution is 6.31. The van der Waals surface area contributed by atoms with E-state index in [0.29, 0.717) is 17.1 Å². The molecule has 0 bridgehead atoms. The molecule has 20 heavy (non-hydrogen) atoms. The quantitative estimate of drug-likeness (QED) is 0.931. The van der Waals surface area contributed by atoms with Crippen molar-refractivity contribution in [1.82, 2.24) is 9.80 Å². The molecule has 0 amide bonds. The maximum atomic E-state index is 14.1. The van der Waals surface area contributed by atoms with Gasteiger partial charge >= 0.3 is 0 Å². The summed E-state index contributed by atoms with van der Waals surface area (Å²) in [5.74, 6) is -0.273. The lowest BCUT2D eigenvalue weighted by molar-refractivity contribution is 0.0173. The molecule has 0 saturated carbocycles. The summed E-state index contributed by atoms with van der Waals surface area (Å²) in [6.07, 6.45) is 0. The second kappa shape index (κ2) is 5.98. The molecule has 1 fully saturated rings. The first kappa shape index (κ1) is 15.7. The molecule has 1 aromatic rings. The van der Waals surface area contributed by atoms with Crippen LogP contribution in [0.1, 0.15) is 25.5 Å². The van der Waals surface area contributed by atoms with Crippen LogP contribution in [0, 0.1) is 5.82 Å². The van der Waals surface area contributed by atoms with Crippen LogP contribution >= 0.6 is 11.6 Å². The minimum atomic E-state index is -0.273. The first-order chi connectivity index (χ1) is 9.36. The smallest absolute Gasteiger partial charge is 0.129 e. The summed E-state index contributed by atoms with van der Waals surface area (Å²) in [6.45, 7) is 7.39. The van der Waals surface area contributed by atoms with Crippen molar-refractivity contribution in [3.05, 3.63) is 34.6 Å². The number of hydrogen-bond acceptors (Lipinski definition) is 3. The topological polar surface area (TPSA) is 32.5 Å². The van der Waals surface area contributed by atoms with Gasteiger partial charge in [0.25, 0.3) is 0 Å². The third-order valence-corrected chi connectivity index (χ3v) is 4.67. The summed E-state index contributed by atoms with van der Waals surface area (Å²) in [6, 6.07) is 4.63. The molecule has 2 N–H and O–H groups in total. The highest BCUT2D eigenvalue weighted by Gasteiger charge is 2.35. The summed E-state index contributed by atoms with van der Waals surface area (Å²) >= 11 is 6.19. The van der Waals surface area contributed by atoms with E-state index in [2.05, 4.69) is 30.7 Å². The summed E-state index contributed by atoms with van der Waals surface area (Å²) in [7, 11) is 2.12. The molecule has 1 heterocycles. The minimum Gasteiger partial charge on any atom is -0.329 e. The zero-order valence-corrected chi connectivity index (χ0v) is 13.1. The molecule has 1 saturated heterocycles. The molecule has 5 heteroatoms. The second-order valence-electron chi connectivity index (χ2n) is 6.09. The molecule has 0 radical (unpaired) electrons. The van der Waals surface area contributed by atoms with Crippen LogP contribution in [0.4, 0.5) is 4.39 Å². The van der Waals surface area contributed by atoms with Crippen molar-refractivity contribution >= 4 is 11.6 Å². The SMILES string of the molecule is CN1CCN(C(CN)c2c(F)cccc2Cl)CC1(C)C. The number of benzene rings is 1. The number of rotatable bonds is 3. The number of likely N-dealkylation sites (N-methyl/N-ethyl adjacent to an activating group) is 1. The molecule has 112 valence electrons. The fraction of sp³-hybridized carbons (Fsp3) is 0.600. The van der Waals surface area contributed by atoms with E-state index in [4.69, 9.17) is 17.3 Å². The summed E-state index contributed by atoms with van der Waals surface area (Å²) in [5, 5.41) is 0.456. The van der Waals surface area contributed by atoms with Gasteiger partial charge in [-0.1, -0.05) is 17.7 Å². The van der Waals surface area contributed by atoms with Gasteiger partial charge in [-0.25, -0.2) is 4.39 Å². The van der Waals surface area contributed by atoms with Gasteiger partial charge in [0.15, 0.2) is 0 Å². The molecule has 2 rings (SSSR count). The Labute approximate surface area is 125 Å². The fourth-order valence-electron chi connectivity index (χ4n) is 2.82. The lowest BCUT2D eigenvalue weighted by Crippen LogP contribution is -2.58. The van der Waals surface area contributed by atoms with Crippen molar-refractivity contribution in [2.75, 3.05) is 33.2 Å². The van der Waals surface area contributed by atoms with Gasteiger partial charge in [-0.05, 0) is 33.0 Å². The van der Waals surface area contributed by atoms with E-state index in [1.807, 2.05) is 0 Å². The molecular weight excluding hydrogens is 277 g/mol. The van der Waals surface area contributed by atoms with Crippen LogP contribution in [0.25, 0.3) is 0 Å². The van der Waals surface area contributed by atoms with E-state index < -0.39 is 0 Å². The standard InChI is InChI=1S/C15H23ClFN3/c1-15(2)10-20(8-7-19(15)3)13(9-18)14-11(16)5-4-6-12(14)17/h4-6,13H,7-10,18H2,1-3H3. The zero-order valence-electron chi connectivity index (χ0n) is 12.4. The Bertz CT molecular complexity index is 458. The average molecular weight is 300 g/mol. The van der Waals surface area contributed by atoms with Gasteiger partial charge in [0.2, 0.25) is 0 Å². The van der Waals surface area contributed by atoms with Crippen molar-refractivity contribution in [3.8, 4) is 0 Å². The molecule has 3 nitrogen and oxygen atoms in total. The predicted molar refractivity (Wildman–Crippen MR) is 81.5 cm³/mol. The van der Waals surface area contributed by atoms with Crippen LogP contribution in [-0.2, 0) is 0 Å². The van der Waals surface area contributed by atoms with Crippen LogP contribution in [0.3, 0.4) is 0 Å². The maximum Gasteiger partial charge on any atom is 0.129 e. The predicted octanol–water partition coefficient (Wildman–Crippen LogP) is 2.50. The number of nitrogens with zero attached hydrogens (tertiary/aromatic N) is 2. The Morgan fingerprint density at radius 3 is 2.65 bits per heavy atom. The van der Waals surface area contributed by atoms with Crippen LogP contribution in [0.15, 0.2) is 18.2 Å². The Balaban J connectivity index is 2.29. The number of piperazine rings is 1. The summed E-state index contributed by atoms with van der Waals surface area (Å²) in [5.41, 5.74) is 6.49. The van der Waals surface area contributed by atoms with Gasteiger partial charge in [0.05, 0.1) is 6.04 Å². The van der Waals surface area contributed by atoms with Gasteiger partial charge in [0, 0.05) is 42.3 Å². The second-order valence-corrected chi connectivity index (χ2v) is 6.50. The van der Waals surface area contributed by atoms with Gasteiger partial charge in [-0.3, -0.25) is 9.80 Å². The Hall–Kier alpha value is -0.680. The highest BCUT2D eigenvalue weighted by atomic mass is 35.5. The van der Waals surface area contributed by atoms with Gasteiger partial charge in [0.1, 0.15) is 5.82 Å². The first-order valence-electron chi connectivity index (χ1n) is 6.96. The Kier molecular flexibility index (Phi) is 4.69. The number of hydrogen-bond donors (Lipinski definition) is 1. The average Bonchev–Trinajstić information content (AvgIpc) is 2.37. The van der Waals surface area contributed by atoms with E-state index in [1.165, 1.54) is 6.07 Å². The molecule has 0 aliphatic carbocycles. The zero-order chi connectivity index (χ0) is 14.9. The molecule has 1 atom stereocenters. The largest absolute Gasteiger partial charge is 0.329 e. The minimum absolute atomic E-state index is 0.0450. The first-order valence-corrected chi connectivity index (χ1v) is 7.34. The van der Waals surface area contributed by atoms with Crippen molar-refractivity contribution in [2.45, 2.75) is 25.4 Å². The molecule has 1 aliphatic heterocycles. The van der Waals surface area contributed by atoms with E-state index in [9.17, 15) is 4.39 Å². The maximum absolute atomic E-state index is 14.1. The molecule has 1 aromatic carbocycles. The van der Waals surface area contributed by atoms with Crippen LogP contribution in [-0.4, -0.2) is 48.6 Å². The Morgan fingerprint density at radius 1 is 1.40 bits per heavy atom. The number of nitrogens with two attached hydrogens (primary N) is 1. The van der Waals surface area contributed by atoms with E-state index in [1.54, 1.807) is 12.1 Å². The fourth-order valence-corrected chi connectivity index (χ4v) is 3.11. The van der Waals surface area contributed by atoms with Crippen LogP contribution < -0.4 is 5.73 Å². The molecule has 1 unspecified atom stereocenters. The normalized spacial score (nSPS) is 21.9. The van der Waals surface area contributed by atoms with Crippen LogP contribution in [0.5, 0.6) is 0 Å².